The zero-order chi connectivity index (χ0) is 16.3. The molecule has 122 valence electrons. The molecule has 0 spiro atoms. The van der Waals surface area contributed by atoms with E-state index in [1.54, 1.807) is 0 Å². The maximum atomic E-state index is 12.2. The van der Waals surface area contributed by atoms with Gasteiger partial charge in [0.1, 0.15) is 6.54 Å². The van der Waals surface area contributed by atoms with Crippen LogP contribution < -0.4 is 5.32 Å². The van der Waals surface area contributed by atoms with Crippen molar-refractivity contribution in [3.05, 3.63) is 22.4 Å². The number of nitrogens with one attached hydrogen (secondary N) is 1. The Balaban J connectivity index is 1.95. The molecule has 0 radical (unpaired) electrons. The van der Waals surface area contributed by atoms with Crippen molar-refractivity contribution in [2.45, 2.75) is 52.6 Å². The molecule has 1 saturated carbocycles. The number of carbonyl (C=O) groups is 1. The first-order valence-corrected chi connectivity index (χ1v) is 7.84. The summed E-state index contributed by atoms with van der Waals surface area (Å²) in [4.78, 5) is 22.2. The van der Waals surface area contributed by atoms with Gasteiger partial charge in [-0.1, -0.05) is 27.2 Å². The van der Waals surface area contributed by atoms with E-state index in [1.807, 2.05) is 0 Å². The summed E-state index contributed by atoms with van der Waals surface area (Å²) in [6, 6.07) is 1.48. The molecule has 0 aliphatic heterocycles. The van der Waals surface area contributed by atoms with Crippen molar-refractivity contribution in [2.24, 2.45) is 17.8 Å². The molecule has 1 heterocycles. The Morgan fingerprint density at radius 2 is 2.27 bits per heavy atom. The van der Waals surface area contributed by atoms with Crippen molar-refractivity contribution in [3.63, 3.8) is 0 Å². The first-order chi connectivity index (χ1) is 10.4. The van der Waals surface area contributed by atoms with Crippen LogP contribution in [-0.4, -0.2) is 26.7 Å². The third kappa shape index (κ3) is 4.05. The van der Waals surface area contributed by atoms with Crippen molar-refractivity contribution in [1.82, 2.24) is 15.1 Å². The Labute approximate surface area is 130 Å². The molecule has 2 rings (SSSR count). The Morgan fingerprint density at radius 1 is 1.55 bits per heavy atom. The minimum absolute atomic E-state index is 0.0174. The van der Waals surface area contributed by atoms with Crippen molar-refractivity contribution in [2.75, 3.05) is 0 Å². The Kier molecular flexibility index (Phi) is 5.15. The second-order valence-corrected chi connectivity index (χ2v) is 6.63. The summed E-state index contributed by atoms with van der Waals surface area (Å²) < 4.78 is 1.31. The molecule has 1 aromatic heterocycles. The van der Waals surface area contributed by atoms with Gasteiger partial charge in [0.05, 0.1) is 17.4 Å². The van der Waals surface area contributed by atoms with Gasteiger partial charge < -0.3 is 15.4 Å². The first kappa shape index (κ1) is 16.5. The number of nitro groups is 1. The number of hydrogen-bond acceptors (Lipinski definition) is 4. The van der Waals surface area contributed by atoms with Crippen molar-refractivity contribution >= 4 is 11.7 Å². The SMILES string of the molecule is CC(C)[C@H]1CC[C@@H](C)C[C@@H]1NC(=O)Cn1ccc([N+](=O)[O-])n1. The van der Waals surface area contributed by atoms with Crippen LogP contribution in [0.4, 0.5) is 5.82 Å². The van der Waals surface area contributed by atoms with Gasteiger partial charge >= 0.3 is 5.82 Å². The van der Waals surface area contributed by atoms with Crippen LogP contribution in [0.25, 0.3) is 0 Å². The van der Waals surface area contributed by atoms with Gasteiger partial charge in [0, 0.05) is 6.04 Å². The van der Waals surface area contributed by atoms with Crippen LogP contribution in [0.5, 0.6) is 0 Å². The zero-order valence-electron chi connectivity index (χ0n) is 13.4. The van der Waals surface area contributed by atoms with Crippen LogP contribution in [0.2, 0.25) is 0 Å². The molecule has 1 fully saturated rings. The number of carbonyl (C=O) groups excluding carboxylic acids is 1. The van der Waals surface area contributed by atoms with E-state index in [0.29, 0.717) is 17.8 Å². The summed E-state index contributed by atoms with van der Waals surface area (Å²) in [5, 5.41) is 17.5. The molecule has 0 saturated heterocycles. The van der Waals surface area contributed by atoms with E-state index in [1.165, 1.54) is 23.4 Å². The molecule has 0 unspecified atom stereocenters. The number of rotatable bonds is 5. The molecule has 1 aromatic rings. The van der Waals surface area contributed by atoms with Crippen LogP contribution in [0.3, 0.4) is 0 Å². The Hall–Kier alpha value is -1.92. The second kappa shape index (κ2) is 6.89. The van der Waals surface area contributed by atoms with Gasteiger partial charge in [0.15, 0.2) is 0 Å². The van der Waals surface area contributed by atoms with Gasteiger partial charge in [0.25, 0.3) is 0 Å². The fraction of sp³-hybridized carbons (Fsp3) is 0.733. The van der Waals surface area contributed by atoms with Gasteiger partial charge in [-0.3, -0.25) is 4.79 Å². The molecule has 0 bridgehead atoms. The van der Waals surface area contributed by atoms with E-state index in [4.69, 9.17) is 0 Å². The molecule has 22 heavy (non-hydrogen) atoms. The normalized spacial score (nSPS) is 25.2. The van der Waals surface area contributed by atoms with E-state index in [2.05, 4.69) is 31.2 Å². The third-order valence-corrected chi connectivity index (χ3v) is 4.49. The standard InChI is InChI=1S/C15H24N4O3/c1-10(2)12-5-4-11(3)8-13(12)16-15(20)9-18-7-6-14(17-18)19(21)22/h6-7,10-13H,4-5,8-9H2,1-3H3,(H,16,20)/t11-,12-,13+/m1/s1. The first-order valence-electron chi connectivity index (χ1n) is 7.84. The van der Waals surface area contributed by atoms with Crippen molar-refractivity contribution < 1.29 is 9.72 Å². The lowest BCUT2D eigenvalue weighted by Gasteiger charge is -2.37. The van der Waals surface area contributed by atoms with Crippen LogP contribution >= 0.6 is 0 Å². The summed E-state index contributed by atoms with van der Waals surface area (Å²) in [6.07, 6.45) is 4.80. The van der Waals surface area contributed by atoms with Gasteiger partial charge in [0.2, 0.25) is 5.91 Å². The summed E-state index contributed by atoms with van der Waals surface area (Å²) >= 11 is 0. The van der Waals surface area contributed by atoms with Crippen molar-refractivity contribution in [1.29, 1.82) is 0 Å². The number of nitrogens with zero attached hydrogens (tertiary/aromatic N) is 3. The molecule has 7 nitrogen and oxygen atoms in total. The highest BCUT2D eigenvalue weighted by Gasteiger charge is 2.31. The summed E-state index contributed by atoms with van der Waals surface area (Å²) in [7, 11) is 0. The Morgan fingerprint density at radius 3 is 2.86 bits per heavy atom. The molecule has 0 aromatic carbocycles. The van der Waals surface area contributed by atoms with Crippen LogP contribution in [0.15, 0.2) is 12.3 Å². The fourth-order valence-corrected chi connectivity index (χ4v) is 3.30. The van der Waals surface area contributed by atoms with E-state index in [-0.39, 0.29) is 24.3 Å². The highest BCUT2D eigenvalue weighted by Crippen LogP contribution is 2.33. The molecular formula is C15H24N4O3. The third-order valence-electron chi connectivity index (χ3n) is 4.49. The zero-order valence-corrected chi connectivity index (χ0v) is 13.4. The van der Waals surface area contributed by atoms with Gasteiger partial charge in [-0.05, 0) is 35.5 Å². The smallest absolute Gasteiger partial charge is 0.358 e. The largest absolute Gasteiger partial charge is 0.389 e. The lowest BCUT2D eigenvalue weighted by Crippen LogP contribution is -2.46. The predicted octanol–water partition coefficient (Wildman–Crippen LogP) is 2.37. The minimum Gasteiger partial charge on any atom is -0.358 e. The quantitative estimate of drug-likeness (QED) is 0.668. The average Bonchev–Trinajstić information content (AvgIpc) is 2.86. The molecule has 3 atom stereocenters. The summed E-state index contributed by atoms with van der Waals surface area (Å²) in [6.45, 7) is 6.61. The molecule has 1 amide bonds. The van der Waals surface area contributed by atoms with Crippen LogP contribution in [0.1, 0.15) is 40.0 Å². The van der Waals surface area contributed by atoms with Crippen molar-refractivity contribution in [3.8, 4) is 0 Å². The maximum absolute atomic E-state index is 12.2. The average molecular weight is 308 g/mol. The summed E-state index contributed by atoms with van der Waals surface area (Å²) in [5.41, 5.74) is 0. The van der Waals surface area contributed by atoms with Crippen LogP contribution in [0, 0.1) is 27.9 Å². The number of aromatic nitrogens is 2. The highest BCUT2D eigenvalue weighted by atomic mass is 16.6. The fourth-order valence-electron chi connectivity index (χ4n) is 3.30. The Bertz CT molecular complexity index is 541. The predicted molar refractivity (Wildman–Crippen MR) is 82.2 cm³/mol. The van der Waals surface area contributed by atoms with E-state index in [0.717, 1.165) is 12.8 Å². The molecule has 1 aliphatic carbocycles. The second-order valence-electron chi connectivity index (χ2n) is 6.63. The lowest BCUT2D eigenvalue weighted by atomic mass is 9.74. The summed E-state index contributed by atoms with van der Waals surface area (Å²) in [5.74, 6) is 1.27. The molecule has 7 heteroatoms. The lowest BCUT2D eigenvalue weighted by molar-refractivity contribution is -0.389. The number of hydrogen-bond donors (Lipinski definition) is 1. The molecule has 1 N–H and O–H groups in total. The maximum Gasteiger partial charge on any atom is 0.389 e. The highest BCUT2D eigenvalue weighted by molar-refractivity contribution is 5.76. The topological polar surface area (TPSA) is 90.1 Å². The van der Waals surface area contributed by atoms with E-state index in [9.17, 15) is 14.9 Å². The van der Waals surface area contributed by atoms with Gasteiger partial charge in [-0.15, -0.1) is 0 Å². The van der Waals surface area contributed by atoms with Gasteiger partial charge in [-0.25, -0.2) is 0 Å². The monoisotopic (exact) mass is 308 g/mol. The van der Waals surface area contributed by atoms with Crippen LogP contribution in [-0.2, 0) is 11.3 Å². The minimum atomic E-state index is -0.563. The van der Waals surface area contributed by atoms with E-state index >= 15 is 0 Å². The molecule has 1 aliphatic rings. The van der Waals surface area contributed by atoms with E-state index < -0.39 is 4.92 Å². The van der Waals surface area contributed by atoms with Gasteiger partial charge in [-0.2, -0.15) is 4.68 Å². The number of amides is 1. The molecular weight excluding hydrogens is 284 g/mol.